The number of hydrogen-bond acceptors (Lipinski definition) is 11. The van der Waals surface area contributed by atoms with Crippen molar-refractivity contribution in [2.24, 2.45) is 16.5 Å². The van der Waals surface area contributed by atoms with Gasteiger partial charge in [0, 0.05) is 39.1 Å². The first-order valence-electron chi connectivity index (χ1n) is 12.9. The van der Waals surface area contributed by atoms with Gasteiger partial charge in [-0.05, 0) is 19.3 Å². The Morgan fingerprint density at radius 3 is 1.44 bits per heavy atom. The van der Waals surface area contributed by atoms with Gasteiger partial charge in [-0.3, -0.25) is 48.5 Å². The van der Waals surface area contributed by atoms with Gasteiger partial charge in [-0.25, -0.2) is 4.79 Å². The van der Waals surface area contributed by atoms with Crippen molar-refractivity contribution in [1.82, 2.24) is 20.0 Å². The third-order valence-electron chi connectivity index (χ3n) is 5.79. The molecule has 2 atom stereocenters. The number of carboxylic acid groups (broad SMARTS) is 6. The standard InChI is InChI=1S/C23H39N7O13/c24-23(25)26-5-1-2-14(21(40)41)27-16(31)4-3-15(22(42)43)30(8-6-28(10-17(32)33)11-18(34)35)9-7-29(12-19(36)37)13-20(38)39/h14-15H,1-13H2,(H,27,31)(H,32,33)(H,34,35)(H,36,37)(H,38,39)(H,40,41)(H,42,43)(H4,24,25,26)/t14-,15?/m0/s1. The smallest absolute Gasteiger partial charge is 0.326 e. The molecule has 1 amide bonds. The van der Waals surface area contributed by atoms with E-state index in [9.17, 15) is 43.8 Å². The molecule has 20 heteroatoms. The Balaban J connectivity index is 5.75. The number of aliphatic imine (C=N–C) groups is 1. The van der Waals surface area contributed by atoms with Crippen molar-refractivity contribution in [2.45, 2.75) is 37.8 Å². The zero-order chi connectivity index (χ0) is 33.1. The number of rotatable bonds is 25. The van der Waals surface area contributed by atoms with Crippen molar-refractivity contribution in [3.63, 3.8) is 0 Å². The van der Waals surface area contributed by atoms with Gasteiger partial charge in [0.1, 0.15) is 12.1 Å². The lowest BCUT2D eigenvalue weighted by molar-refractivity contribution is -0.146. The SMILES string of the molecule is NC(N)=NCCC[C@H](NC(=O)CCC(C(=O)O)N(CCN(CC(=O)O)CC(=O)O)CCN(CC(=O)O)CC(=O)O)C(=O)O. The molecule has 43 heavy (non-hydrogen) atoms. The molecule has 0 bridgehead atoms. The summed E-state index contributed by atoms with van der Waals surface area (Å²) >= 11 is 0. The van der Waals surface area contributed by atoms with Crippen LogP contribution in [0.4, 0.5) is 0 Å². The van der Waals surface area contributed by atoms with E-state index in [-0.39, 0.29) is 57.9 Å². The van der Waals surface area contributed by atoms with Crippen LogP contribution < -0.4 is 16.8 Å². The average Bonchev–Trinajstić information content (AvgIpc) is 2.84. The first-order chi connectivity index (χ1) is 20.0. The van der Waals surface area contributed by atoms with Gasteiger partial charge >= 0.3 is 35.8 Å². The summed E-state index contributed by atoms with van der Waals surface area (Å²) in [5.74, 6) is -9.16. The van der Waals surface area contributed by atoms with E-state index in [1.165, 1.54) is 4.90 Å². The Bertz CT molecular complexity index is 948. The molecule has 0 heterocycles. The molecule has 244 valence electrons. The second-order valence-electron chi connectivity index (χ2n) is 9.33. The highest BCUT2D eigenvalue weighted by atomic mass is 16.4. The van der Waals surface area contributed by atoms with E-state index < -0.39 is 86.4 Å². The zero-order valence-electron chi connectivity index (χ0n) is 23.3. The van der Waals surface area contributed by atoms with Gasteiger partial charge in [0.05, 0.1) is 26.2 Å². The average molecular weight is 622 g/mol. The Morgan fingerprint density at radius 1 is 0.651 bits per heavy atom. The fourth-order valence-electron chi connectivity index (χ4n) is 3.91. The molecule has 0 saturated carbocycles. The van der Waals surface area contributed by atoms with E-state index in [0.29, 0.717) is 0 Å². The summed E-state index contributed by atoms with van der Waals surface area (Å²) < 4.78 is 0. The molecule has 0 aliphatic rings. The molecular weight excluding hydrogens is 582 g/mol. The number of nitrogens with one attached hydrogen (secondary N) is 1. The maximum absolute atomic E-state index is 12.5. The molecule has 0 aromatic carbocycles. The molecule has 0 fully saturated rings. The van der Waals surface area contributed by atoms with Crippen molar-refractivity contribution in [3.05, 3.63) is 0 Å². The predicted molar refractivity (Wildman–Crippen MR) is 145 cm³/mol. The molecule has 0 saturated heterocycles. The molecule has 0 aliphatic heterocycles. The number of carbonyl (C=O) groups excluding carboxylic acids is 1. The third kappa shape index (κ3) is 19.2. The van der Waals surface area contributed by atoms with E-state index in [4.69, 9.17) is 31.9 Å². The Kier molecular flexibility index (Phi) is 18.2. The molecule has 11 N–H and O–H groups in total. The summed E-state index contributed by atoms with van der Waals surface area (Å²) in [4.78, 5) is 87.9. The fraction of sp³-hybridized carbons (Fsp3) is 0.652. The van der Waals surface area contributed by atoms with E-state index in [2.05, 4.69) is 10.3 Å². The minimum absolute atomic E-state index is 0.0294. The molecule has 20 nitrogen and oxygen atoms in total. The van der Waals surface area contributed by atoms with Crippen molar-refractivity contribution >= 4 is 47.7 Å². The fourth-order valence-corrected chi connectivity index (χ4v) is 3.91. The number of aliphatic carboxylic acids is 6. The minimum atomic E-state index is -1.45. The molecular formula is C23H39N7O13. The Labute approximate surface area is 245 Å². The lowest BCUT2D eigenvalue weighted by atomic mass is 10.1. The second-order valence-corrected chi connectivity index (χ2v) is 9.33. The van der Waals surface area contributed by atoms with Crippen LogP contribution in [0.15, 0.2) is 4.99 Å². The molecule has 1 unspecified atom stereocenters. The van der Waals surface area contributed by atoms with Crippen LogP contribution in [0.1, 0.15) is 25.7 Å². The van der Waals surface area contributed by atoms with Crippen LogP contribution in [-0.4, -0.2) is 164 Å². The summed E-state index contributed by atoms with van der Waals surface area (Å²) in [5, 5.41) is 58.0. The van der Waals surface area contributed by atoms with Crippen LogP contribution in [-0.2, 0) is 33.6 Å². The molecule has 0 aromatic rings. The second kappa shape index (κ2) is 20.3. The quantitative estimate of drug-likeness (QED) is 0.0267. The predicted octanol–water partition coefficient (Wildman–Crippen LogP) is -3.91. The van der Waals surface area contributed by atoms with Gasteiger partial charge < -0.3 is 47.4 Å². The number of carbonyl (C=O) groups is 7. The van der Waals surface area contributed by atoms with Crippen LogP contribution in [0.25, 0.3) is 0 Å². The summed E-state index contributed by atoms with van der Waals surface area (Å²) in [6.45, 7) is -3.68. The molecule has 0 spiro atoms. The summed E-state index contributed by atoms with van der Waals surface area (Å²) in [5.41, 5.74) is 10.4. The molecule has 0 rings (SSSR count). The zero-order valence-corrected chi connectivity index (χ0v) is 23.3. The van der Waals surface area contributed by atoms with Gasteiger partial charge in [-0.15, -0.1) is 0 Å². The van der Waals surface area contributed by atoms with E-state index in [0.717, 1.165) is 9.80 Å². The van der Waals surface area contributed by atoms with Gasteiger partial charge in [-0.1, -0.05) is 0 Å². The summed E-state index contributed by atoms with van der Waals surface area (Å²) in [6.07, 6.45) is -0.657. The number of hydrogen-bond donors (Lipinski definition) is 9. The van der Waals surface area contributed by atoms with E-state index in [1.54, 1.807) is 0 Å². The highest BCUT2D eigenvalue weighted by Gasteiger charge is 2.29. The number of amides is 1. The van der Waals surface area contributed by atoms with Crippen molar-refractivity contribution < 1.29 is 64.2 Å². The van der Waals surface area contributed by atoms with Crippen molar-refractivity contribution in [3.8, 4) is 0 Å². The molecule has 0 radical (unpaired) electrons. The highest BCUT2D eigenvalue weighted by Crippen LogP contribution is 2.11. The largest absolute Gasteiger partial charge is 0.480 e. The topological polar surface area (TPSA) is 327 Å². The highest BCUT2D eigenvalue weighted by molar-refractivity contribution is 5.84. The Morgan fingerprint density at radius 2 is 1.09 bits per heavy atom. The van der Waals surface area contributed by atoms with Crippen molar-refractivity contribution in [2.75, 3.05) is 58.9 Å². The number of carboxylic acids is 6. The normalized spacial score (nSPS) is 12.4. The molecule has 0 aromatic heterocycles. The maximum Gasteiger partial charge on any atom is 0.326 e. The monoisotopic (exact) mass is 621 g/mol. The first kappa shape index (κ1) is 38.4. The van der Waals surface area contributed by atoms with E-state index in [1.807, 2.05) is 0 Å². The molecule has 0 aliphatic carbocycles. The third-order valence-corrected chi connectivity index (χ3v) is 5.79. The lowest BCUT2D eigenvalue weighted by Crippen LogP contribution is -2.50. The van der Waals surface area contributed by atoms with Crippen LogP contribution in [0, 0.1) is 0 Å². The number of nitrogens with two attached hydrogens (primary N) is 2. The first-order valence-corrected chi connectivity index (χ1v) is 12.9. The number of guanidine groups is 1. The van der Waals surface area contributed by atoms with Gasteiger partial charge in [0.25, 0.3) is 0 Å². The summed E-state index contributed by atoms with van der Waals surface area (Å²) in [6, 6.07) is -2.77. The Hall–Kier alpha value is -4.56. The van der Waals surface area contributed by atoms with Crippen molar-refractivity contribution in [1.29, 1.82) is 0 Å². The van der Waals surface area contributed by atoms with Gasteiger partial charge in [0.2, 0.25) is 5.91 Å². The van der Waals surface area contributed by atoms with E-state index >= 15 is 0 Å². The van der Waals surface area contributed by atoms with Crippen LogP contribution in [0.5, 0.6) is 0 Å². The summed E-state index contributed by atoms with van der Waals surface area (Å²) in [7, 11) is 0. The number of nitrogens with zero attached hydrogens (tertiary/aromatic N) is 4. The van der Waals surface area contributed by atoms with Crippen LogP contribution in [0.2, 0.25) is 0 Å². The lowest BCUT2D eigenvalue weighted by Gasteiger charge is -2.32. The minimum Gasteiger partial charge on any atom is -0.480 e. The van der Waals surface area contributed by atoms with Gasteiger partial charge in [-0.2, -0.15) is 0 Å². The maximum atomic E-state index is 12.5. The van der Waals surface area contributed by atoms with Gasteiger partial charge in [0.15, 0.2) is 5.96 Å². The van der Waals surface area contributed by atoms with Crippen LogP contribution in [0.3, 0.4) is 0 Å². The van der Waals surface area contributed by atoms with Crippen LogP contribution >= 0.6 is 0 Å².